The molecule has 2 fully saturated rings. The summed E-state index contributed by atoms with van der Waals surface area (Å²) in [5.74, 6) is -1.67. The molecule has 0 radical (unpaired) electrons. The molecule has 4 amide bonds. The molecule has 0 aliphatic carbocycles. The maximum absolute atomic E-state index is 13.0. The molecule has 33 heavy (non-hydrogen) atoms. The van der Waals surface area contributed by atoms with Crippen molar-refractivity contribution in [2.75, 3.05) is 26.2 Å². The lowest BCUT2D eigenvalue weighted by Crippen LogP contribution is -2.52. The van der Waals surface area contributed by atoms with Crippen LogP contribution in [0.3, 0.4) is 0 Å². The molecule has 186 valence electrons. The Bertz CT molecular complexity index is 739. The van der Waals surface area contributed by atoms with Crippen molar-refractivity contribution in [3.05, 3.63) is 0 Å². The van der Waals surface area contributed by atoms with Crippen LogP contribution in [0.25, 0.3) is 0 Å². The number of nitrogens with zero attached hydrogens (tertiary/aromatic N) is 2. The van der Waals surface area contributed by atoms with Crippen molar-refractivity contribution in [3.63, 3.8) is 0 Å². The molecule has 2 N–H and O–H groups in total. The second-order valence-electron chi connectivity index (χ2n) is 9.47. The van der Waals surface area contributed by atoms with Crippen molar-refractivity contribution in [1.82, 2.24) is 20.6 Å². The molecule has 0 spiro atoms. The monoisotopic (exact) mass is 466 g/mol. The molecule has 0 aromatic rings. The standard InChI is InChI=1S/C23H38N4O6/c1-5-23(4,17-7-6-14-26(17)15-16(2)3)22(32)25-12-10-18(28)24-13-11-21(31)33-27-19(29)8-9-20(27)30/h16-17H,5-15H2,1-4H3,(H,24,28)(H,25,32)/t17?,23-/m0/s1. The van der Waals surface area contributed by atoms with E-state index in [1.54, 1.807) is 0 Å². The number of nitrogens with one attached hydrogen (secondary N) is 2. The van der Waals surface area contributed by atoms with Gasteiger partial charge in [-0.05, 0) is 38.6 Å². The van der Waals surface area contributed by atoms with E-state index in [2.05, 4.69) is 29.4 Å². The third kappa shape index (κ3) is 7.25. The molecule has 10 heteroatoms. The lowest BCUT2D eigenvalue weighted by Gasteiger charge is -2.39. The van der Waals surface area contributed by atoms with Gasteiger partial charge in [-0.3, -0.25) is 24.1 Å². The zero-order valence-corrected chi connectivity index (χ0v) is 20.3. The summed E-state index contributed by atoms with van der Waals surface area (Å²) in [4.78, 5) is 66.9. The Balaban J connectivity index is 1.71. The number of hydrogen-bond donors (Lipinski definition) is 2. The molecular formula is C23H38N4O6. The Kier molecular flexibility index (Phi) is 9.82. The first kappa shape index (κ1) is 26.8. The lowest BCUT2D eigenvalue weighted by atomic mass is 9.77. The minimum absolute atomic E-state index is 0.0146. The van der Waals surface area contributed by atoms with E-state index in [0.29, 0.717) is 17.4 Å². The molecule has 2 aliphatic heterocycles. The Morgan fingerprint density at radius 2 is 1.73 bits per heavy atom. The van der Waals surface area contributed by atoms with Crippen molar-refractivity contribution in [3.8, 4) is 0 Å². The van der Waals surface area contributed by atoms with Crippen LogP contribution in [0.1, 0.15) is 72.6 Å². The molecule has 0 aromatic heterocycles. The molecule has 2 atom stereocenters. The van der Waals surface area contributed by atoms with Gasteiger partial charge in [-0.15, -0.1) is 5.06 Å². The van der Waals surface area contributed by atoms with Gasteiger partial charge >= 0.3 is 5.97 Å². The molecule has 2 heterocycles. The Hall–Kier alpha value is -2.49. The van der Waals surface area contributed by atoms with Gasteiger partial charge in [0.15, 0.2) is 0 Å². The van der Waals surface area contributed by atoms with Crippen molar-refractivity contribution >= 4 is 29.6 Å². The van der Waals surface area contributed by atoms with Gasteiger partial charge in [0.05, 0.1) is 11.8 Å². The van der Waals surface area contributed by atoms with Gasteiger partial charge in [-0.1, -0.05) is 20.8 Å². The number of rotatable bonds is 12. The number of likely N-dealkylation sites (tertiary alicyclic amines) is 1. The predicted octanol–water partition coefficient (Wildman–Crippen LogP) is 1.14. The van der Waals surface area contributed by atoms with Gasteiger partial charge in [0.25, 0.3) is 11.8 Å². The second kappa shape index (κ2) is 12.1. The molecule has 1 unspecified atom stereocenters. The van der Waals surface area contributed by atoms with E-state index in [9.17, 15) is 24.0 Å². The summed E-state index contributed by atoms with van der Waals surface area (Å²) >= 11 is 0. The Morgan fingerprint density at radius 3 is 2.33 bits per heavy atom. The van der Waals surface area contributed by atoms with E-state index in [4.69, 9.17) is 4.84 Å². The van der Waals surface area contributed by atoms with Crippen LogP contribution in [0, 0.1) is 11.3 Å². The topological polar surface area (TPSA) is 125 Å². The maximum atomic E-state index is 13.0. The fourth-order valence-corrected chi connectivity index (χ4v) is 4.47. The summed E-state index contributed by atoms with van der Waals surface area (Å²) < 4.78 is 0. The van der Waals surface area contributed by atoms with Gasteiger partial charge in [-0.2, -0.15) is 0 Å². The van der Waals surface area contributed by atoms with Crippen LogP contribution in [0.2, 0.25) is 0 Å². The summed E-state index contributed by atoms with van der Waals surface area (Å²) in [5.41, 5.74) is -0.518. The Morgan fingerprint density at radius 1 is 1.09 bits per heavy atom. The van der Waals surface area contributed by atoms with Crippen molar-refractivity contribution in [2.45, 2.75) is 78.7 Å². The quantitative estimate of drug-likeness (QED) is 0.413. The molecule has 0 aromatic carbocycles. The number of hydroxylamine groups is 2. The Labute approximate surface area is 195 Å². The molecular weight excluding hydrogens is 428 g/mol. The lowest BCUT2D eigenvalue weighted by molar-refractivity contribution is -0.197. The average molecular weight is 467 g/mol. The highest BCUT2D eigenvalue weighted by Gasteiger charge is 2.44. The molecule has 2 aliphatic rings. The normalized spacial score (nSPS) is 20.8. The van der Waals surface area contributed by atoms with Crippen molar-refractivity contribution in [1.29, 1.82) is 0 Å². The van der Waals surface area contributed by atoms with Crippen molar-refractivity contribution in [2.24, 2.45) is 11.3 Å². The highest BCUT2D eigenvalue weighted by molar-refractivity contribution is 6.01. The fraction of sp³-hybridized carbons (Fsp3) is 0.783. The van der Waals surface area contributed by atoms with E-state index in [0.717, 1.165) is 25.9 Å². The third-order valence-electron chi connectivity index (χ3n) is 6.44. The number of amides is 4. The number of hydrogen-bond acceptors (Lipinski definition) is 7. The third-order valence-corrected chi connectivity index (χ3v) is 6.44. The van der Waals surface area contributed by atoms with E-state index in [-0.39, 0.29) is 56.6 Å². The first-order chi connectivity index (χ1) is 15.6. The first-order valence-corrected chi connectivity index (χ1v) is 11.9. The van der Waals surface area contributed by atoms with Crippen LogP contribution >= 0.6 is 0 Å². The van der Waals surface area contributed by atoms with Crippen LogP contribution < -0.4 is 10.6 Å². The van der Waals surface area contributed by atoms with Gasteiger partial charge in [-0.25, -0.2) is 4.79 Å². The zero-order valence-electron chi connectivity index (χ0n) is 20.3. The van der Waals surface area contributed by atoms with Crippen LogP contribution in [0.5, 0.6) is 0 Å². The highest BCUT2D eigenvalue weighted by Crippen LogP contribution is 2.37. The van der Waals surface area contributed by atoms with Crippen molar-refractivity contribution < 1.29 is 28.8 Å². The van der Waals surface area contributed by atoms with Gasteiger partial charge in [0, 0.05) is 44.9 Å². The summed E-state index contributed by atoms with van der Waals surface area (Å²) in [7, 11) is 0. The van der Waals surface area contributed by atoms with E-state index in [1.165, 1.54) is 0 Å². The molecule has 0 bridgehead atoms. The second-order valence-corrected chi connectivity index (χ2v) is 9.47. The van der Waals surface area contributed by atoms with Gasteiger partial charge in [0.1, 0.15) is 0 Å². The van der Waals surface area contributed by atoms with Crippen LogP contribution in [-0.4, -0.2) is 71.8 Å². The highest BCUT2D eigenvalue weighted by atomic mass is 16.7. The molecule has 2 saturated heterocycles. The fourth-order valence-electron chi connectivity index (χ4n) is 4.47. The van der Waals surface area contributed by atoms with Crippen LogP contribution in [-0.2, 0) is 28.8 Å². The minimum Gasteiger partial charge on any atom is -0.355 e. The molecule has 2 rings (SSSR count). The number of carbonyl (C=O) groups excluding carboxylic acids is 5. The smallest absolute Gasteiger partial charge is 0.334 e. The largest absolute Gasteiger partial charge is 0.355 e. The van der Waals surface area contributed by atoms with E-state index >= 15 is 0 Å². The molecule has 0 saturated carbocycles. The SMILES string of the molecule is CC[C@](C)(C(=O)NCCC(=O)NCCC(=O)ON1C(=O)CCC1=O)C1CCCN1CC(C)C. The summed E-state index contributed by atoms with van der Waals surface area (Å²) in [6.45, 7) is 10.6. The number of imide groups is 1. The van der Waals surface area contributed by atoms with Gasteiger partial charge < -0.3 is 15.5 Å². The number of carbonyl (C=O) groups is 5. The maximum Gasteiger partial charge on any atom is 0.334 e. The summed E-state index contributed by atoms with van der Waals surface area (Å²) in [6, 6.07) is 0.194. The van der Waals surface area contributed by atoms with E-state index < -0.39 is 23.2 Å². The predicted molar refractivity (Wildman–Crippen MR) is 120 cm³/mol. The minimum atomic E-state index is -0.770. The zero-order chi connectivity index (χ0) is 24.6. The average Bonchev–Trinajstić information content (AvgIpc) is 3.34. The summed E-state index contributed by atoms with van der Waals surface area (Å²) in [6.07, 6.45) is 2.78. The van der Waals surface area contributed by atoms with Crippen LogP contribution in [0.4, 0.5) is 0 Å². The molecule has 10 nitrogen and oxygen atoms in total. The van der Waals surface area contributed by atoms with E-state index in [1.807, 2.05) is 13.8 Å². The summed E-state index contributed by atoms with van der Waals surface area (Å²) in [5, 5.41) is 5.98. The first-order valence-electron chi connectivity index (χ1n) is 11.9. The van der Waals surface area contributed by atoms with Gasteiger partial charge in [0.2, 0.25) is 11.8 Å². The van der Waals surface area contributed by atoms with Crippen LogP contribution in [0.15, 0.2) is 0 Å².